The Kier molecular flexibility index (Phi) is 4.94. The normalized spacial score (nSPS) is 16.4. The number of fused-ring (bicyclic) bond motifs is 3. The summed E-state index contributed by atoms with van der Waals surface area (Å²) in [5.74, 6) is -0.0798. The standard InChI is InChI=1S/C22H15Cl2F3N4O/c23-12-3-1-11(2-4-12)20-19-13(14-9-15(24)17(32)10-16(14)29-19)6-8-31(20)21-28-7-5-18(30-21)22(25,26)27/h1-5,7,9-10,20,29,32H,6,8H2. The van der Waals surface area contributed by atoms with Crippen molar-refractivity contribution in [3.8, 4) is 5.75 Å². The maximum absolute atomic E-state index is 13.3. The van der Waals surface area contributed by atoms with Crippen molar-refractivity contribution in [1.82, 2.24) is 15.0 Å². The zero-order valence-corrected chi connectivity index (χ0v) is 17.8. The van der Waals surface area contributed by atoms with Gasteiger partial charge in [-0.1, -0.05) is 35.3 Å². The van der Waals surface area contributed by atoms with Gasteiger partial charge in [0.15, 0.2) is 0 Å². The van der Waals surface area contributed by atoms with Gasteiger partial charge in [0.25, 0.3) is 0 Å². The number of alkyl halides is 3. The zero-order valence-electron chi connectivity index (χ0n) is 16.3. The molecule has 1 unspecified atom stereocenters. The number of anilines is 1. The van der Waals surface area contributed by atoms with Crippen molar-refractivity contribution in [3.05, 3.63) is 81.2 Å². The van der Waals surface area contributed by atoms with E-state index in [1.165, 1.54) is 0 Å². The van der Waals surface area contributed by atoms with Crippen LogP contribution in [0.15, 0.2) is 48.7 Å². The van der Waals surface area contributed by atoms with Crippen LogP contribution < -0.4 is 4.90 Å². The highest BCUT2D eigenvalue weighted by Gasteiger charge is 2.36. The first-order chi connectivity index (χ1) is 15.2. The Bertz CT molecular complexity index is 1320. The molecule has 4 aromatic rings. The lowest BCUT2D eigenvalue weighted by Crippen LogP contribution is -2.37. The second-order valence-electron chi connectivity index (χ2n) is 7.50. The second-order valence-corrected chi connectivity index (χ2v) is 8.35. The van der Waals surface area contributed by atoms with E-state index < -0.39 is 17.9 Å². The number of benzene rings is 2. The first-order valence-electron chi connectivity index (χ1n) is 9.67. The molecule has 1 atom stereocenters. The van der Waals surface area contributed by atoms with Gasteiger partial charge in [-0.25, -0.2) is 9.97 Å². The van der Waals surface area contributed by atoms with E-state index in [-0.39, 0.29) is 16.7 Å². The van der Waals surface area contributed by atoms with E-state index in [9.17, 15) is 18.3 Å². The van der Waals surface area contributed by atoms with Crippen molar-refractivity contribution in [3.63, 3.8) is 0 Å². The number of phenolic OH excluding ortho intramolecular Hbond substituents is 1. The first-order valence-corrected chi connectivity index (χ1v) is 10.4. The van der Waals surface area contributed by atoms with Gasteiger partial charge < -0.3 is 15.0 Å². The van der Waals surface area contributed by atoms with E-state index >= 15 is 0 Å². The molecule has 0 amide bonds. The minimum atomic E-state index is -4.58. The fourth-order valence-corrected chi connectivity index (χ4v) is 4.44. The SMILES string of the molecule is Oc1cc2[nH]c3c(c2cc1Cl)CCN(c1nccc(C(F)(F)F)n1)C3c1ccc(Cl)cc1. The highest BCUT2D eigenvalue weighted by Crippen LogP contribution is 2.42. The largest absolute Gasteiger partial charge is 0.506 e. The Balaban J connectivity index is 1.70. The van der Waals surface area contributed by atoms with Crippen molar-refractivity contribution in [2.45, 2.75) is 18.6 Å². The Labute approximate surface area is 190 Å². The average Bonchev–Trinajstić information content (AvgIpc) is 3.11. The predicted molar refractivity (Wildman–Crippen MR) is 116 cm³/mol. The number of aromatic nitrogens is 3. The minimum Gasteiger partial charge on any atom is -0.506 e. The molecule has 2 aromatic heterocycles. The zero-order chi connectivity index (χ0) is 22.6. The molecule has 0 radical (unpaired) electrons. The van der Waals surface area contributed by atoms with Crippen LogP contribution in [0.1, 0.15) is 28.6 Å². The summed E-state index contributed by atoms with van der Waals surface area (Å²) in [7, 11) is 0. The summed E-state index contributed by atoms with van der Waals surface area (Å²) in [6, 6.07) is 10.7. The number of aromatic amines is 1. The third-order valence-corrected chi connectivity index (χ3v) is 6.13. The summed E-state index contributed by atoms with van der Waals surface area (Å²) >= 11 is 12.2. The highest BCUT2D eigenvalue weighted by atomic mass is 35.5. The molecule has 2 N–H and O–H groups in total. The molecule has 0 spiro atoms. The van der Waals surface area contributed by atoms with E-state index in [0.29, 0.717) is 23.5 Å². The molecule has 0 saturated carbocycles. The average molecular weight is 479 g/mol. The smallest absolute Gasteiger partial charge is 0.433 e. The lowest BCUT2D eigenvalue weighted by atomic mass is 9.92. The van der Waals surface area contributed by atoms with Crippen molar-refractivity contribution in [2.75, 3.05) is 11.4 Å². The molecule has 32 heavy (non-hydrogen) atoms. The van der Waals surface area contributed by atoms with Crippen molar-refractivity contribution >= 4 is 40.1 Å². The van der Waals surface area contributed by atoms with Gasteiger partial charge in [0.1, 0.15) is 11.4 Å². The van der Waals surface area contributed by atoms with Gasteiger partial charge in [0.05, 0.1) is 11.1 Å². The molecule has 2 aromatic carbocycles. The lowest BCUT2D eigenvalue weighted by molar-refractivity contribution is -0.141. The number of hydrogen-bond donors (Lipinski definition) is 2. The molecule has 3 heterocycles. The van der Waals surface area contributed by atoms with Gasteiger partial charge in [-0.2, -0.15) is 13.2 Å². The maximum Gasteiger partial charge on any atom is 0.433 e. The number of halogens is 5. The number of phenols is 1. The van der Waals surface area contributed by atoms with Crippen LogP contribution in [-0.4, -0.2) is 26.6 Å². The maximum atomic E-state index is 13.3. The van der Waals surface area contributed by atoms with Gasteiger partial charge in [-0.15, -0.1) is 0 Å². The minimum absolute atomic E-state index is 0.0232. The van der Waals surface area contributed by atoms with E-state index in [1.54, 1.807) is 29.2 Å². The van der Waals surface area contributed by atoms with Crippen molar-refractivity contribution in [2.24, 2.45) is 0 Å². The van der Waals surface area contributed by atoms with Crippen LogP contribution >= 0.6 is 23.2 Å². The van der Waals surface area contributed by atoms with Crippen molar-refractivity contribution < 1.29 is 18.3 Å². The number of nitrogens with one attached hydrogen (secondary N) is 1. The number of rotatable bonds is 2. The molecular weight excluding hydrogens is 464 g/mol. The molecule has 0 fully saturated rings. The molecular formula is C22H15Cl2F3N4O. The van der Waals surface area contributed by atoms with E-state index in [2.05, 4.69) is 15.0 Å². The molecule has 10 heteroatoms. The number of H-pyrrole nitrogens is 1. The Hall–Kier alpha value is -2.97. The van der Waals surface area contributed by atoms with Crippen LogP contribution in [0, 0.1) is 0 Å². The van der Waals surface area contributed by atoms with Gasteiger partial charge >= 0.3 is 6.18 Å². The summed E-state index contributed by atoms with van der Waals surface area (Å²) in [6.45, 7) is 0.382. The molecule has 5 rings (SSSR count). The van der Waals surface area contributed by atoms with Gasteiger partial charge in [-0.05, 0) is 41.8 Å². The van der Waals surface area contributed by atoms with Crippen LogP contribution in [0.3, 0.4) is 0 Å². The van der Waals surface area contributed by atoms with Crippen LogP contribution in [0.25, 0.3) is 10.9 Å². The van der Waals surface area contributed by atoms with Crippen LogP contribution in [0.4, 0.5) is 19.1 Å². The monoisotopic (exact) mass is 478 g/mol. The number of nitrogens with zero attached hydrogens (tertiary/aromatic N) is 3. The summed E-state index contributed by atoms with van der Waals surface area (Å²) in [6.07, 6.45) is -2.94. The van der Waals surface area contributed by atoms with Gasteiger partial charge in [0.2, 0.25) is 5.95 Å². The summed E-state index contributed by atoms with van der Waals surface area (Å²) < 4.78 is 39.9. The summed E-state index contributed by atoms with van der Waals surface area (Å²) in [5.41, 5.74) is 2.23. The molecule has 1 aliphatic heterocycles. The van der Waals surface area contributed by atoms with Crippen LogP contribution in [0.2, 0.25) is 10.0 Å². The second kappa shape index (κ2) is 7.56. The van der Waals surface area contributed by atoms with E-state index in [1.807, 2.05) is 12.1 Å². The third-order valence-electron chi connectivity index (χ3n) is 5.57. The van der Waals surface area contributed by atoms with Crippen LogP contribution in [0.5, 0.6) is 5.75 Å². The molecule has 0 saturated heterocycles. The Morgan fingerprint density at radius 3 is 2.56 bits per heavy atom. The predicted octanol–water partition coefficient (Wildman–Crippen LogP) is 6.14. The van der Waals surface area contributed by atoms with E-state index in [0.717, 1.165) is 34.5 Å². The summed E-state index contributed by atoms with van der Waals surface area (Å²) in [5, 5.41) is 11.6. The molecule has 0 aliphatic carbocycles. The molecule has 0 bridgehead atoms. The lowest BCUT2D eigenvalue weighted by Gasteiger charge is -2.36. The fourth-order valence-electron chi connectivity index (χ4n) is 4.15. The quantitative estimate of drug-likeness (QED) is 0.363. The number of aromatic hydroxyl groups is 1. The Morgan fingerprint density at radius 1 is 1.09 bits per heavy atom. The molecule has 5 nitrogen and oxygen atoms in total. The molecule has 164 valence electrons. The van der Waals surface area contributed by atoms with Gasteiger partial charge in [-0.3, -0.25) is 0 Å². The van der Waals surface area contributed by atoms with E-state index in [4.69, 9.17) is 23.2 Å². The fraction of sp³-hybridized carbons (Fsp3) is 0.182. The molecule has 1 aliphatic rings. The topological polar surface area (TPSA) is 65.0 Å². The number of hydrogen-bond acceptors (Lipinski definition) is 4. The third kappa shape index (κ3) is 3.53. The van der Waals surface area contributed by atoms with Crippen LogP contribution in [-0.2, 0) is 12.6 Å². The Morgan fingerprint density at radius 2 is 1.84 bits per heavy atom. The first kappa shape index (κ1) is 20.9. The van der Waals surface area contributed by atoms with Gasteiger partial charge in [0, 0.05) is 40.4 Å². The summed E-state index contributed by atoms with van der Waals surface area (Å²) in [4.78, 5) is 13.0. The highest BCUT2D eigenvalue weighted by molar-refractivity contribution is 6.32. The van der Waals surface area contributed by atoms with Crippen molar-refractivity contribution in [1.29, 1.82) is 0 Å².